The molecule has 1 aromatic carbocycles. The van der Waals surface area contributed by atoms with Gasteiger partial charge in [0, 0.05) is 18.6 Å². The maximum absolute atomic E-state index is 11.9. The standard InChI is InChI=1S/C10H11N3O4S2/c1-18(14,15)8-2-4-9(5-3-8)19(16,17)13-10-11-6-7-12-10/h2-7H,1H3,(H2,11,12,13). The highest BCUT2D eigenvalue weighted by molar-refractivity contribution is 7.92. The van der Waals surface area contributed by atoms with Gasteiger partial charge in [-0.25, -0.2) is 26.5 Å². The topological polar surface area (TPSA) is 109 Å². The van der Waals surface area contributed by atoms with Crippen LogP contribution in [0.25, 0.3) is 0 Å². The number of nitrogens with one attached hydrogen (secondary N) is 2. The van der Waals surface area contributed by atoms with Gasteiger partial charge in [0.05, 0.1) is 9.79 Å². The van der Waals surface area contributed by atoms with Gasteiger partial charge in [0.1, 0.15) is 0 Å². The molecule has 0 bridgehead atoms. The van der Waals surface area contributed by atoms with E-state index in [0.29, 0.717) is 0 Å². The smallest absolute Gasteiger partial charge is 0.264 e. The molecule has 0 aliphatic rings. The molecule has 1 heterocycles. The van der Waals surface area contributed by atoms with E-state index < -0.39 is 19.9 Å². The molecule has 2 N–H and O–H groups in total. The summed E-state index contributed by atoms with van der Waals surface area (Å²) in [4.78, 5) is 6.36. The second-order valence-electron chi connectivity index (χ2n) is 3.79. The Hall–Kier alpha value is -1.87. The average Bonchev–Trinajstić information content (AvgIpc) is 2.80. The molecule has 0 amide bonds. The highest BCUT2D eigenvalue weighted by Gasteiger charge is 2.16. The van der Waals surface area contributed by atoms with Crippen molar-refractivity contribution in [1.82, 2.24) is 9.97 Å². The molecular weight excluding hydrogens is 290 g/mol. The normalized spacial score (nSPS) is 12.3. The molecule has 7 nitrogen and oxygen atoms in total. The summed E-state index contributed by atoms with van der Waals surface area (Å²) in [5.41, 5.74) is 0. The van der Waals surface area contributed by atoms with Gasteiger partial charge in [-0.1, -0.05) is 0 Å². The zero-order chi connectivity index (χ0) is 14.1. The Morgan fingerprint density at radius 3 is 2.11 bits per heavy atom. The van der Waals surface area contributed by atoms with Crippen molar-refractivity contribution < 1.29 is 16.8 Å². The van der Waals surface area contributed by atoms with E-state index in [1.165, 1.54) is 36.7 Å². The Bertz CT molecular complexity index is 763. The van der Waals surface area contributed by atoms with Gasteiger partial charge in [0.25, 0.3) is 10.0 Å². The minimum absolute atomic E-state index is 0.0451. The van der Waals surface area contributed by atoms with Crippen LogP contribution in [-0.4, -0.2) is 33.1 Å². The van der Waals surface area contributed by atoms with Gasteiger partial charge in [0.15, 0.2) is 9.84 Å². The van der Waals surface area contributed by atoms with Gasteiger partial charge in [-0.05, 0) is 24.3 Å². The Kier molecular flexibility index (Phi) is 3.33. The molecule has 0 unspecified atom stereocenters. The SMILES string of the molecule is CS(=O)(=O)c1ccc(S(=O)(=O)Nc2ncc[nH]2)cc1. The lowest BCUT2D eigenvalue weighted by Crippen LogP contribution is -2.14. The number of hydrogen-bond donors (Lipinski definition) is 2. The van der Waals surface area contributed by atoms with Crippen LogP contribution in [0.5, 0.6) is 0 Å². The molecule has 0 saturated carbocycles. The quantitative estimate of drug-likeness (QED) is 0.860. The number of imidazole rings is 1. The van der Waals surface area contributed by atoms with E-state index >= 15 is 0 Å². The van der Waals surface area contributed by atoms with E-state index in [0.717, 1.165) is 6.26 Å². The van der Waals surface area contributed by atoms with Crippen LogP contribution in [0, 0.1) is 0 Å². The van der Waals surface area contributed by atoms with Crippen molar-refractivity contribution in [3.63, 3.8) is 0 Å². The maximum Gasteiger partial charge on any atom is 0.264 e. The van der Waals surface area contributed by atoms with Crippen LogP contribution < -0.4 is 4.72 Å². The summed E-state index contributed by atoms with van der Waals surface area (Å²) in [6.45, 7) is 0. The number of benzene rings is 1. The fourth-order valence-electron chi connectivity index (χ4n) is 1.37. The summed E-state index contributed by atoms with van der Waals surface area (Å²) in [7, 11) is -7.13. The molecule has 1 aromatic heterocycles. The third kappa shape index (κ3) is 3.12. The molecule has 102 valence electrons. The Morgan fingerprint density at radius 2 is 1.63 bits per heavy atom. The predicted molar refractivity (Wildman–Crippen MR) is 68.9 cm³/mol. The summed E-state index contributed by atoms with van der Waals surface area (Å²) in [6, 6.07) is 4.93. The van der Waals surface area contributed by atoms with E-state index in [4.69, 9.17) is 0 Å². The molecular formula is C10H11N3O4S2. The largest absolute Gasteiger partial charge is 0.330 e. The van der Waals surface area contributed by atoms with Crippen LogP contribution in [0.15, 0.2) is 46.5 Å². The lowest BCUT2D eigenvalue weighted by Gasteiger charge is -2.06. The fourth-order valence-corrected chi connectivity index (χ4v) is 2.98. The van der Waals surface area contributed by atoms with Gasteiger partial charge in [0.2, 0.25) is 5.95 Å². The van der Waals surface area contributed by atoms with E-state index in [9.17, 15) is 16.8 Å². The number of H-pyrrole nitrogens is 1. The average molecular weight is 301 g/mol. The molecule has 0 atom stereocenters. The highest BCUT2D eigenvalue weighted by Crippen LogP contribution is 2.16. The van der Waals surface area contributed by atoms with Crippen molar-refractivity contribution in [3.05, 3.63) is 36.7 Å². The molecule has 0 radical (unpaired) electrons. The molecule has 0 spiro atoms. The first-order valence-electron chi connectivity index (χ1n) is 5.11. The predicted octanol–water partition coefficient (Wildman–Crippen LogP) is 0.614. The Labute approximate surface area is 110 Å². The molecule has 0 aliphatic heterocycles. The van der Waals surface area contributed by atoms with Gasteiger partial charge < -0.3 is 4.98 Å². The summed E-state index contributed by atoms with van der Waals surface area (Å²) in [5.74, 6) is 0.0900. The molecule has 0 saturated heterocycles. The summed E-state index contributed by atoms with van der Waals surface area (Å²) in [5, 5.41) is 0. The van der Waals surface area contributed by atoms with Crippen molar-refractivity contribution in [2.24, 2.45) is 0 Å². The minimum Gasteiger partial charge on any atom is -0.330 e. The molecule has 19 heavy (non-hydrogen) atoms. The van der Waals surface area contributed by atoms with Crippen LogP contribution >= 0.6 is 0 Å². The third-order valence-corrected chi connectivity index (χ3v) is 4.77. The second kappa shape index (κ2) is 4.67. The first-order chi connectivity index (χ1) is 8.79. The van der Waals surface area contributed by atoms with Gasteiger partial charge in [-0.2, -0.15) is 0 Å². The number of rotatable bonds is 4. The number of aromatic nitrogens is 2. The number of hydrogen-bond acceptors (Lipinski definition) is 5. The lowest BCUT2D eigenvalue weighted by atomic mass is 10.4. The van der Waals surface area contributed by atoms with E-state index in [-0.39, 0.29) is 15.7 Å². The van der Waals surface area contributed by atoms with Crippen LogP contribution in [0.2, 0.25) is 0 Å². The van der Waals surface area contributed by atoms with Gasteiger partial charge in [-0.15, -0.1) is 0 Å². The number of anilines is 1. The summed E-state index contributed by atoms with van der Waals surface area (Å²) >= 11 is 0. The molecule has 2 rings (SSSR count). The minimum atomic E-state index is -3.78. The van der Waals surface area contributed by atoms with Crippen LogP contribution in [0.4, 0.5) is 5.95 Å². The lowest BCUT2D eigenvalue weighted by molar-refractivity contribution is 0.597. The van der Waals surface area contributed by atoms with Crippen molar-refractivity contribution in [1.29, 1.82) is 0 Å². The number of sulfone groups is 1. The summed E-state index contributed by atoms with van der Waals surface area (Å²) in [6.07, 6.45) is 3.94. The first kappa shape index (κ1) is 13.6. The van der Waals surface area contributed by atoms with Crippen molar-refractivity contribution >= 4 is 25.8 Å². The Balaban J connectivity index is 2.32. The molecule has 0 fully saturated rings. The number of aromatic amines is 1. The van der Waals surface area contributed by atoms with E-state index in [1.807, 2.05) is 0 Å². The third-order valence-electron chi connectivity index (χ3n) is 2.29. The molecule has 9 heteroatoms. The summed E-state index contributed by atoms with van der Waals surface area (Å²) < 4.78 is 48.6. The van der Waals surface area contributed by atoms with Crippen LogP contribution in [-0.2, 0) is 19.9 Å². The van der Waals surface area contributed by atoms with Crippen molar-refractivity contribution in [2.75, 3.05) is 11.0 Å². The van der Waals surface area contributed by atoms with E-state index in [2.05, 4.69) is 14.7 Å². The first-order valence-corrected chi connectivity index (χ1v) is 8.49. The van der Waals surface area contributed by atoms with Gasteiger partial charge >= 0.3 is 0 Å². The Morgan fingerprint density at radius 1 is 1.05 bits per heavy atom. The van der Waals surface area contributed by atoms with Gasteiger partial charge in [-0.3, -0.25) is 0 Å². The maximum atomic E-state index is 11.9. The van der Waals surface area contributed by atoms with Crippen LogP contribution in [0.3, 0.4) is 0 Å². The number of sulfonamides is 1. The molecule has 2 aromatic rings. The van der Waals surface area contributed by atoms with Crippen LogP contribution in [0.1, 0.15) is 0 Å². The zero-order valence-electron chi connectivity index (χ0n) is 9.86. The van der Waals surface area contributed by atoms with Crippen molar-refractivity contribution in [3.8, 4) is 0 Å². The van der Waals surface area contributed by atoms with Crippen molar-refractivity contribution in [2.45, 2.75) is 9.79 Å². The second-order valence-corrected chi connectivity index (χ2v) is 7.48. The molecule has 0 aliphatic carbocycles. The van der Waals surface area contributed by atoms with E-state index in [1.54, 1.807) is 0 Å². The zero-order valence-corrected chi connectivity index (χ0v) is 11.5. The fraction of sp³-hybridized carbons (Fsp3) is 0.100. The highest BCUT2D eigenvalue weighted by atomic mass is 32.2. The monoisotopic (exact) mass is 301 g/mol. The number of nitrogens with zero attached hydrogens (tertiary/aromatic N) is 1.